The molecule has 16 heteroatoms. The summed E-state index contributed by atoms with van der Waals surface area (Å²) in [5.74, 6) is -0.286. The average molecular weight is 695 g/mol. The summed E-state index contributed by atoms with van der Waals surface area (Å²) in [5.41, 5.74) is 4.20. The van der Waals surface area contributed by atoms with Crippen LogP contribution in [0.25, 0.3) is 11.2 Å². The molecule has 1 aliphatic rings. The van der Waals surface area contributed by atoms with Crippen LogP contribution in [0.1, 0.15) is 82.9 Å². The minimum absolute atomic E-state index is 0.0127. The van der Waals surface area contributed by atoms with Crippen LogP contribution in [-0.4, -0.2) is 61.6 Å². The molecule has 0 radical (unpaired) electrons. The number of rotatable bonds is 19. The molecule has 3 aromatic rings. The van der Waals surface area contributed by atoms with E-state index in [9.17, 15) is 27.6 Å². The van der Waals surface area contributed by atoms with E-state index >= 15 is 0 Å². The summed E-state index contributed by atoms with van der Waals surface area (Å²) in [6, 6.07) is 1.54. The van der Waals surface area contributed by atoms with Crippen LogP contribution >= 0.6 is 8.18 Å². The molecule has 0 aliphatic carbocycles. The average Bonchev–Trinajstić information content (AvgIpc) is 3.61. The van der Waals surface area contributed by atoms with Gasteiger partial charge in [0.05, 0.1) is 19.5 Å². The molecule has 0 bridgehead atoms. The zero-order valence-electron chi connectivity index (χ0n) is 26.8. The topological polar surface area (TPSA) is 164 Å². The third-order valence-corrected chi connectivity index (χ3v) is 9.12. The SMILES string of the molecule is C#C[C@]1(CO[PH](=O)N[C@@H](Cc2cc(F)cc(F)c2)C(=O)OCCCCCCCCCCC)O[C@@H](n2cnc3c(N)nc(F)nc32)C[C@@H]1O. The van der Waals surface area contributed by atoms with E-state index in [0.29, 0.717) is 12.5 Å². The number of imidazole rings is 1. The summed E-state index contributed by atoms with van der Waals surface area (Å²) in [6.07, 6.45) is 13.0. The number of hydrogen-bond acceptors (Lipinski definition) is 10. The van der Waals surface area contributed by atoms with Gasteiger partial charge < -0.3 is 24.8 Å². The number of unbranched alkanes of at least 4 members (excludes halogenated alkanes) is 8. The number of nitrogen functional groups attached to an aromatic ring is 1. The van der Waals surface area contributed by atoms with Crippen molar-refractivity contribution in [3.8, 4) is 12.3 Å². The van der Waals surface area contributed by atoms with Crippen molar-refractivity contribution in [1.29, 1.82) is 0 Å². The third-order valence-electron chi connectivity index (χ3n) is 8.13. The number of aliphatic hydroxyl groups excluding tert-OH is 1. The molecule has 1 fully saturated rings. The molecular formula is C32H42F3N6O6P. The number of nitrogens with zero attached hydrogens (tertiary/aromatic N) is 4. The second kappa shape index (κ2) is 17.7. The number of benzene rings is 1. The molecule has 1 unspecified atom stereocenters. The van der Waals surface area contributed by atoms with Crippen LogP contribution in [0.15, 0.2) is 24.5 Å². The molecule has 1 aliphatic heterocycles. The Morgan fingerprint density at radius 1 is 1.17 bits per heavy atom. The van der Waals surface area contributed by atoms with Gasteiger partial charge in [0.1, 0.15) is 30.0 Å². The van der Waals surface area contributed by atoms with Crippen LogP contribution in [0.5, 0.6) is 0 Å². The minimum atomic E-state index is -3.28. The normalized spacial score (nSPS) is 20.5. The van der Waals surface area contributed by atoms with E-state index in [1.54, 1.807) is 0 Å². The van der Waals surface area contributed by atoms with Crippen molar-refractivity contribution in [3.05, 3.63) is 47.8 Å². The molecule has 48 heavy (non-hydrogen) atoms. The van der Waals surface area contributed by atoms with Crippen molar-refractivity contribution >= 4 is 31.1 Å². The summed E-state index contributed by atoms with van der Waals surface area (Å²) in [6.45, 7) is 1.73. The predicted octanol–water partition coefficient (Wildman–Crippen LogP) is 5.16. The Balaban J connectivity index is 1.35. The number of terminal acetylenes is 1. The van der Waals surface area contributed by atoms with Gasteiger partial charge in [-0.2, -0.15) is 14.4 Å². The number of carbonyl (C=O) groups excluding carboxylic acids is 1. The number of nitrogens with two attached hydrogens (primary N) is 1. The van der Waals surface area contributed by atoms with Crippen LogP contribution < -0.4 is 10.8 Å². The van der Waals surface area contributed by atoms with E-state index in [4.69, 9.17) is 26.2 Å². The van der Waals surface area contributed by atoms with E-state index in [-0.39, 0.29) is 42.0 Å². The largest absolute Gasteiger partial charge is 0.465 e. The number of esters is 1. The first-order valence-corrected chi connectivity index (χ1v) is 17.4. The van der Waals surface area contributed by atoms with Crippen LogP contribution in [0.2, 0.25) is 0 Å². The molecule has 12 nitrogen and oxygen atoms in total. The Morgan fingerprint density at radius 3 is 2.50 bits per heavy atom. The van der Waals surface area contributed by atoms with Gasteiger partial charge >= 0.3 is 12.0 Å². The fourth-order valence-electron chi connectivity index (χ4n) is 5.55. The quantitative estimate of drug-likeness (QED) is 0.0500. The molecule has 0 spiro atoms. The van der Waals surface area contributed by atoms with Gasteiger partial charge in [-0.25, -0.2) is 18.9 Å². The molecule has 0 saturated carbocycles. The van der Waals surface area contributed by atoms with E-state index < -0.39 is 62.4 Å². The van der Waals surface area contributed by atoms with Crippen molar-refractivity contribution in [2.45, 2.75) is 102 Å². The number of halogens is 3. The second-order valence-electron chi connectivity index (χ2n) is 11.8. The second-order valence-corrected chi connectivity index (χ2v) is 13.0. The fourth-order valence-corrected chi connectivity index (χ4v) is 6.48. The number of aliphatic hydroxyl groups is 1. The highest BCUT2D eigenvalue weighted by molar-refractivity contribution is 7.36. The minimum Gasteiger partial charge on any atom is -0.465 e. The van der Waals surface area contributed by atoms with Crippen molar-refractivity contribution in [2.24, 2.45) is 0 Å². The van der Waals surface area contributed by atoms with Gasteiger partial charge in [-0.15, -0.1) is 6.42 Å². The van der Waals surface area contributed by atoms with Gasteiger partial charge in [0, 0.05) is 12.5 Å². The highest BCUT2D eigenvalue weighted by Crippen LogP contribution is 2.39. The summed E-state index contributed by atoms with van der Waals surface area (Å²) >= 11 is 0. The molecule has 0 amide bonds. The number of hydrogen-bond donors (Lipinski definition) is 3. The Morgan fingerprint density at radius 2 is 1.83 bits per heavy atom. The molecule has 4 N–H and O–H groups in total. The Kier molecular flexibility index (Phi) is 13.8. The van der Waals surface area contributed by atoms with Crippen LogP contribution in [0, 0.1) is 30.1 Å². The first-order valence-electron chi connectivity index (χ1n) is 16.1. The predicted molar refractivity (Wildman–Crippen MR) is 172 cm³/mol. The zero-order valence-corrected chi connectivity index (χ0v) is 27.8. The molecule has 2 aromatic heterocycles. The van der Waals surface area contributed by atoms with E-state index in [2.05, 4.69) is 32.9 Å². The molecular weight excluding hydrogens is 652 g/mol. The molecule has 3 heterocycles. The van der Waals surface area contributed by atoms with Crippen LogP contribution in [-0.2, 0) is 29.8 Å². The van der Waals surface area contributed by atoms with Crippen LogP contribution in [0.3, 0.4) is 0 Å². The van der Waals surface area contributed by atoms with Crippen molar-refractivity contribution in [2.75, 3.05) is 18.9 Å². The Hall–Kier alpha value is -3.54. The maximum atomic E-state index is 13.9. The fraction of sp³-hybridized carbons (Fsp3) is 0.562. The monoisotopic (exact) mass is 694 g/mol. The number of aromatic nitrogens is 4. The molecule has 4 rings (SSSR count). The van der Waals surface area contributed by atoms with Crippen molar-refractivity contribution < 1.29 is 41.6 Å². The third kappa shape index (κ3) is 9.99. The summed E-state index contributed by atoms with van der Waals surface area (Å²) in [7, 11) is -3.28. The highest BCUT2D eigenvalue weighted by Gasteiger charge is 2.49. The highest BCUT2D eigenvalue weighted by atomic mass is 31.1. The van der Waals surface area contributed by atoms with Crippen LogP contribution in [0.4, 0.5) is 19.0 Å². The summed E-state index contributed by atoms with van der Waals surface area (Å²) in [4.78, 5) is 24.3. The Labute approximate surface area is 277 Å². The van der Waals surface area contributed by atoms with Gasteiger partial charge in [0.15, 0.2) is 22.6 Å². The standard InChI is InChI=1S/C32H42F3N6O6P/c1-3-5-6-7-8-9-10-11-12-13-45-30(43)24(16-21-14-22(33)17-23(34)15-21)40-48(44)46-19-32(4-2)25(42)18-26(47-32)41-20-37-27-28(36)38-31(35)39-29(27)41/h2,14-15,17,20,24-26,42,48H,3,5-13,16,18-19H2,1H3,(H,40,44)(H2,36,38,39)/t24-,25-,26+,32+/m0/s1. The van der Waals surface area contributed by atoms with E-state index in [0.717, 1.165) is 31.4 Å². The molecule has 5 atom stereocenters. The zero-order chi connectivity index (χ0) is 34.7. The number of anilines is 1. The number of carbonyl (C=O) groups is 1. The first kappa shape index (κ1) is 37.3. The lowest BCUT2D eigenvalue weighted by molar-refractivity contribution is -0.145. The lowest BCUT2D eigenvalue weighted by Gasteiger charge is -2.26. The number of fused-ring (bicyclic) bond motifs is 1. The van der Waals surface area contributed by atoms with Crippen molar-refractivity contribution in [3.63, 3.8) is 0 Å². The van der Waals surface area contributed by atoms with Gasteiger partial charge in [-0.05, 0) is 30.5 Å². The molecule has 1 saturated heterocycles. The van der Waals surface area contributed by atoms with Crippen molar-refractivity contribution in [1.82, 2.24) is 24.6 Å². The van der Waals surface area contributed by atoms with E-state index in [1.807, 2.05) is 0 Å². The maximum Gasteiger partial charge on any atom is 0.323 e. The van der Waals surface area contributed by atoms with E-state index in [1.165, 1.54) is 43.0 Å². The molecule has 1 aromatic carbocycles. The Bertz CT molecular complexity index is 1590. The lowest BCUT2D eigenvalue weighted by Crippen LogP contribution is -2.43. The lowest BCUT2D eigenvalue weighted by atomic mass is 9.99. The maximum absolute atomic E-state index is 13.9. The molecule has 262 valence electrons. The van der Waals surface area contributed by atoms with Gasteiger partial charge in [0.25, 0.3) is 8.18 Å². The number of nitrogens with one attached hydrogen (secondary N) is 1. The van der Waals surface area contributed by atoms with Gasteiger partial charge in [-0.3, -0.25) is 13.9 Å². The smallest absolute Gasteiger partial charge is 0.323 e. The summed E-state index contributed by atoms with van der Waals surface area (Å²) in [5, 5.41) is 13.4. The van der Waals surface area contributed by atoms with Gasteiger partial charge in [0.2, 0.25) is 0 Å². The first-order chi connectivity index (χ1) is 23.0. The summed E-state index contributed by atoms with van der Waals surface area (Å²) < 4.78 is 72.9. The number of ether oxygens (including phenoxy) is 2. The van der Waals surface area contributed by atoms with Gasteiger partial charge in [-0.1, -0.05) is 64.2 Å².